The Labute approximate surface area is 106 Å². The van der Waals surface area contributed by atoms with Crippen LogP contribution in [0.1, 0.15) is 26.1 Å². The number of nitrogens with zero attached hydrogens (tertiary/aromatic N) is 1. The van der Waals surface area contributed by atoms with E-state index >= 15 is 0 Å². The molecule has 4 N–H and O–H groups in total. The number of imidazole rings is 1. The number of nitrogens with two attached hydrogens (primary N) is 1. The van der Waals surface area contributed by atoms with Crippen LogP contribution in [-0.2, 0) is 4.79 Å². The van der Waals surface area contributed by atoms with E-state index in [1.807, 2.05) is 32.0 Å². The molecule has 2 aromatic rings. The Morgan fingerprint density at radius 1 is 1.56 bits per heavy atom. The molecular weight excluding hydrogens is 228 g/mol. The Morgan fingerprint density at radius 3 is 2.94 bits per heavy atom. The van der Waals surface area contributed by atoms with Crippen LogP contribution >= 0.6 is 0 Å². The number of aryl methyl sites for hydroxylation is 1. The van der Waals surface area contributed by atoms with E-state index in [4.69, 9.17) is 5.73 Å². The largest absolute Gasteiger partial charge is 0.342 e. The summed E-state index contributed by atoms with van der Waals surface area (Å²) >= 11 is 0. The average Bonchev–Trinajstić information content (AvgIpc) is 2.68. The van der Waals surface area contributed by atoms with Gasteiger partial charge < -0.3 is 16.0 Å². The van der Waals surface area contributed by atoms with Crippen LogP contribution in [0, 0.1) is 6.92 Å². The minimum Gasteiger partial charge on any atom is -0.342 e. The van der Waals surface area contributed by atoms with Gasteiger partial charge in [0.2, 0.25) is 5.91 Å². The third-order valence-electron chi connectivity index (χ3n) is 3.11. The van der Waals surface area contributed by atoms with E-state index < -0.39 is 5.54 Å². The van der Waals surface area contributed by atoms with Gasteiger partial charge >= 0.3 is 0 Å². The molecule has 0 radical (unpaired) electrons. The van der Waals surface area contributed by atoms with Crippen molar-refractivity contribution in [2.75, 3.05) is 5.32 Å². The second-order valence-corrected chi connectivity index (χ2v) is 4.78. The number of rotatable bonds is 3. The lowest BCUT2D eigenvalue weighted by Crippen LogP contribution is -2.47. The number of amides is 1. The summed E-state index contributed by atoms with van der Waals surface area (Å²) in [6.07, 6.45) is 0.588. The van der Waals surface area contributed by atoms with Crippen molar-refractivity contribution in [3.8, 4) is 0 Å². The first-order chi connectivity index (χ1) is 8.42. The third kappa shape index (κ3) is 2.36. The minimum absolute atomic E-state index is 0.180. The van der Waals surface area contributed by atoms with Crippen molar-refractivity contribution in [2.24, 2.45) is 5.73 Å². The second-order valence-electron chi connectivity index (χ2n) is 4.78. The zero-order valence-electron chi connectivity index (χ0n) is 10.9. The fraction of sp³-hybridized carbons (Fsp3) is 0.385. The zero-order chi connectivity index (χ0) is 13.3. The van der Waals surface area contributed by atoms with Crippen molar-refractivity contribution >= 4 is 22.6 Å². The number of fused-ring (bicyclic) bond motifs is 1. The van der Waals surface area contributed by atoms with Gasteiger partial charge in [0.05, 0.1) is 16.6 Å². The number of carbonyl (C=O) groups is 1. The molecule has 18 heavy (non-hydrogen) atoms. The first-order valence-electron chi connectivity index (χ1n) is 5.99. The molecule has 0 fully saturated rings. The van der Waals surface area contributed by atoms with Gasteiger partial charge in [-0.05, 0) is 38.5 Å². The third-order valence-corrected chi connectivity index (χ3v) is 3.11. The van der Waals surface area contributed by atoms with Crippen molar-refractivity contribution in [3.63, 3.8) is 0 Å². The maximum Gasteiger partial charge on any atom is 0.244 e. The normalized spacial score (nSPS) is 14.4. The van der Waals surface area contributed by atoms with Crippen LogP contribution in [0.3, 0.4) is 0 Å². The monoisotopic (exact) mass is 246 g/mol. The molecule has 1 aromatic heterocycles. The standard InChI is InChI=1S/C13H18N4O/c1-4-13(3,14)12(18)17-9-5-6-10-11(7-9)16-8(2)15-10/h5-7H,4,14H2,1-3H3,(H,15,16)(H,17,18). The maximum atomic E-state index is 11.9. The molecule has 1 atom stereocenters. The van der Waals surface area contributed by atoms with E-state index in [0.29, 0.717) is 6.42 Å². The Hall–Kier alpha value is -1.88. The van der Waals surface area contributed by atoms with Crippen LogP contribution < -0.4 is 11.1 Å². The zero-order valence-corrected chi connectivity index (χ0v) is 10.9. The van der Waals surface area contributed by atoms with Crippen molar-refractivity contribution in [1.29, 1.82) is 0 Å². The molecule has 0 aliphatic carbocycles. The highest BCUT2D eigenvalue weighted by atomic mass is 16.2. The molecule has 5 nitrogen and oxygen atoms in total. The fourth-order valence-corrected chi connectivity index (χ4v) is 1.65. The minimum atomic E-state index is -0.848. The Bertz CT molecular complexity index is 586. The molecule has 96 valence electrons. The summed E-state index contributed by atoms with van der Waals surface area (Å²) in [5.74, 6) is 0.672. The van der Waals surface area contributed by atoms with Crippen molar-refractivity contribution in [1.82, 2.24) is 9.97 Å². The van der Waals surface area contributed by atoms with E-state index in [1.165, 1.54) is 0 Å². The van der Waals surface area contributed by atoms with E-state index in [-0.39, 0.29) is 5.91 Å². The van der Waals surface area contributed by atoms with Gasteiger partial charge in [-0.15, -0.1) is 0 Å². The molecule has 5 heteroatoms. The highest BCUT2D eigenvalue weighted by molar-refractivity contribution is 5.98. The number of aromatic amines is 1. The van der Waals surface area contributed by atoms with Crippen LogP contribution in [0.15, 0.2) is 18.2 Å². The number of hydrogen-bond acceptors (Lipinski definition) is 3. The van der Waals surface area contributed by atoms with Gasteiger partial charge in [0.25, 0.3) is 0 Å². The molecular formula is C13H18N4O. The molecule has 0 saturated heterocycles. The summed E-state index contributed by atoms with van der Waals surface area (Å²) in [6, 6.07) is 5.56. The van der Waals surface area contributed by atoms with E-state index in [0.717, 1.165) is 22.5 Å². The number of benzene rings is 1. The summed E-state index contributed by atoms with van der Waals surface area (Å²) < 4.78 is 0. The lowest BCUT2D eigenvalue weighted by molar-refractivity contribution is -0.120. The number of H-pyrrole nitrogens is 1. The first-order valence-corrected chi connectivity index (χ1v) is 5.99. The molecule has 1 unspecified atom stereocenters. The van der Waals surface area contributed by atoms with Gasteiger partial charge in [-0.2, -0.15) is 0 Å². The van der Waals surface area contributed by atoms with Crippen molar-refractivity contribution in [2.45, 2.75) is 32.7 Å². The van der Waals surface area contributed by atoms with E-state index in [9.17, 15) is 4.79 Å². The average molecular weight is 246 g/mol. The number of nitrogens with one attached hydrogen (secondary N) is 2. The number of hydrogen-bond donors (Lipinski definition) is 3. The second kappa shape index (κ2) is 4.42. The number of aromatic nitrogens is 2. The smallest absolute Gasteiger partial charge is 0.244 e. The maximum absolute atomic E-state index is 11.9. The summed E-state index contributed by atoms with van der Waals surface area (Å²) in [4.78, 5) is 19.4. The molecule has 0 aliphatic heterocycles. The molecule has 1 aromatic carbocycles. The number of anilines is 1. The lowest BCUT2D eigenvalue weighted by atomic mass is 9.99. The van der Waals surface area contributed by atoms with Gasteiger partial charge in [0, 0.05) is 5.69 Å². The molecule has 1 amide bonds. The molecule has 2 rings (SSSR count). The Kier molecular flexibility index (Phi) is 3.09. The predicted molar refractivity (Wildman–Crippen MR) is 72.3 cm³/mol. The highest BCUT2D eigenvalue weighted by Crippen LogP contribution is 2.18. The predicted octanol–water partition coefficient (Wildman–Crippen LogP) is 1.94. The topological polar surface area (TPSA) is 83.8 Å². The van der Waals surface area contributed by atoms with Crippen LogP contribution in [0.4, 0.5) is 5.69 Å². The lowest BCUT2D eigenvalue weighted by Gasteiger charge is -2.21. The molecule has 0 aliphatic rings. The Balaban J connectivity index is 2.24. The summed E-state index contributed by atoms with van der Waals surface area (Å²) in [7, 11) is 0. The van der Waals surface area contributed by atoms with Gasteiger partial charge in [0.1, 0.15) is 5.82 Å². The number of carbonyl (C=O) groups excluding carboxylic acids is 1. The van der Waals surface area contributed by atoms with Gasteiger partial charge in [0.15, 0.2) is 0 Å². The van der Waals surface area contributed by atoms with Gasteiger partial charge in [-0.25, -0.2) is 4.98 Å². The summed E-state index contributed by atoms with van der Waals surface area (Å²) in [5, 5.41) is 2.82. The molecule has 0 bridgehead atoms. The van der Waals surface area contributed by atoms with Gasteiger partial charge in [-0.3, -0.25) is 4.79 Å². The van der Waals surface area contributed by atoms with Crippen molar-refractivity contribution < 1.29 is 4.79 Å². The van der Waals surface area contributed by atoms with Crippen LogP contribution in [0.25, 0.3) is 11.0 Å². The molecule has 0 spiro atoms. The van der Waals surface area contributed by atoms with Crippen LogP contribution in [-0.4, -0.2) is 21.4 Å². The van der Waals surface area contributed by atoms with Crippen LogP contribution in [0.5, 0.6) is 0 Å². The van der Waals surface area contributed by atoms with Crippen LogP contribution in [0.2, 0.25) is 0 Å². The van der Waals surface area contributed by atoms with E-state index in [1.54, 1.807) is 6.92 Å². The van der Waals surface area contributed by atoms with E-state index in [2.05, 4.69) is 15.3 Å². The first kappa shape index (κ1) is 12.6. The quantitative estimate of drug-likeness (QED) is 0.773. The fourth-order valence-electron chi connectivity index (χ4n) is 1.65. The highest BCUT2D eigenvalue weighted by Gasteiger charge is 2.25. The SMILES string of the molecule is CCC(C)(N)C(=O)Nc1ccc2nc(C)[nH]c2c1. The molecule has 1 heterocycles. The Morgan fingerprint density at radius 2 is 2.28 bits per heavy atom. The van der Waals surface area contributed by atoms with Crippen molar-refractivity contribution in [3.05, 3.63) is 24.0 Å². The molecule has 0 saturated carbocycles. The summed E-state index contributed by atoms with van der Waals surface area (Å²) in [5.41, 5.74) is 7.56. The summed E-state index contributed by atoms with van der Waals surface area (Å²) in [6.45, 7) is 5.51. The van der Waals surface area contributed by atoms with Gasteiger partial charge in [-0.1, -0.05) is 6.92 Å².